The van der Waals surface area contributed by atoms with Crippen LogP contribution in [-0.4, -0.2) is 43.0 Å². The highest BCUT2D eigenvalue weighted by atomic mass is 19.1. The standard InChI is InChI=1S/C22H29FN4O2/c1-22(2,3)26-20(28)16-8-12-18(13-9-16)25-21(29)24-14-19(27(4)5)15-6-10-17(23)11-7-15/h6-13,19H,14H2,1-5H3,(H,26,28)(H2,24,25,29). The molecule has 29 heavy (non-hydrogen) atoms. The summed E-state index contributed by atoms with van der Waals surface area (Å²) in [6.07, 6.45) is 0. The molecule has 7 heteroatoms. The van der Waals surface area contributed by atoms with Crippen LogP contribution in [0, 0.1) is 5.82 Å². The van der Waals surface area contributed by atoms with E-state index in [-0.39, 0.29) is 29.3 Å². The van der Waals surface area contributed by atoms with Gasteiger partial charge < -0.3 is 20.9 Å². The predicted molar refractivity (Wildman–Crippen MR) is 114 cm³/mol. The molecule has 0 saturated heterocycles. The molecule has 2 rings (SSSR count). The van der Waals surface area contributed by atoms with Gasteiger partial charge in [0.1, 0.15) is 5.82 Å². The van der Waals surface area contributed by atoms with Crippen molar-refractivity contribution in [3.05, 3.63) is 65.5 Å². The van der Waals surface area contributed by atoms with Crippen LogP contribution in [0.1, 0.15) is 42.7 Å². The number of carbonyl (C=O) groups excluding carboxylic acids is 2. The largest absolute Gasteiger partial charge is 0.347 e. The SMILES string of the molecule is CN(C)C(CNC(=O)Nc1ccc(C(=O)NC(C)(C)C)cc1)c1ccc(F)cc1. The highest BCUT2D eigenvalue weighted by molar-refractivity contribution is 5.95. The third-order valence-electron chi connectivity index (χ3n) is 4.23. The Kier molecular flexibility index (Phi) is 7.34. The molecule has 0 fully saturated rings. The van der Waals surface area contributed by atoms with Gasteiger partial charge >= 0.3 is 6.03 Å². The molecule has 6 nitrogen and oxygen atoms in total. The average Bonchev–Trinajstić information content (AvgIpc) is 2.62. The molecule has 0 spiro atoms. The van der Waals surface area contributed by atoms with Gasteiger partial charge in [-0.15, -0.1) is 0 Å². The van der Waals surface area contributed by atoms with Gasteiger partial charge in [0, 0.05) is 23.3 Å². The van der Waals surface area contributed by atoms with Crippen LogP contribution in [0.4, 0.5) is 14.9 Å². The number of rotatable bonds is 6. The van der Waals surface area contributed by atoms with E-state index in [9.17, 15) is 14.0 Å². The fourth-order valence-electron chi connectivity index (χ4n) is 2.77. The van der Waals surface area contributed by atoms with Gasteiger partial charge in [-0.25, -0.2) is 9.18 Å². The lowest BCUT2D eigenvalue weighted by atomic mass is 10.1. The van der Waals surface area contributed by atoms with E-state index in [1.807, 2.05) is 39.8 Å². The normalized spacial score (nSPS) is 12.4. The molecule has 0 bridgehead atoms. The van der Waals surface area contributed by atoms with E-state index in [0.29, 0.717) is 17.8 Å². The Morgan fingerprint density at radius 1 is 1.00 bits per heavy atom. The number of halogens is 1. The molecule has 2 aromatic carbocycles. The molecule has 2 aromatic rings. The topological polar surface area (TPSA) is 73.5 Å². The number of carbonyl (C=O) groups is 2. The summed E-state index contributed by atoms with van der Waals surface area (Å²) in [6.45, 7) is 6.10. The molecule has 0 saturated carbocycles. The first kappa shape index (κ1) is 22.4. The Morgan fingerprint density at radius 3 is 2.10 bits per heavy atom. The molecule has 3 N–H and O–H groups in total. The summed E-state index contributed by atoms with van der Waals surface area (Å²) in [6, 6.07) is 12.5. The first-order valence-electron chi connectivity index (χ1n) is 9.44. The molecule has 0 radical (unpaired) electrons. The molecule has 3 amide bonds. The molecule has 0 aliphatic rings. The second-order valence-electron chi connectivity index (χ2n) is 8.15. The van der Waals surface area contributed by atoms with Crippen LogP contribution in [0.2, 0.25) is 0 Å². The Morgan fingerprint density at radius 2 is 1.59 bits per heavy atom. The smallest absolute Gasteiger partial charge is 0.319 e. The van der Waals surface area contributed by atoms with Crippen LogP contribution >= 0.6 is 0 Å². The highest BCUT2D eigenvalue weighted by Crippen LogP contribution is 2.18. The highest BCUT2D eigenvalue weighted by Gasteiger charge is 2.17. The number of likely N-dealkylation sites (N-methyl/N-ethyl adjacent to an activating group) is 1. The summed E-state index contributed by atoms with van der Waals surface area (Å²) in [7, 11) is 3.80. The van der Waals surface area contributed by atoms with E-state index in [4.69, 9.17) is 0 Å². The van der Waals surface area contributed by atoms with Crippen molar-refractivity contribution in [3.8, 4) is 0 Å². The maximum Gasteiger partial charge on any atom is 0.319 e. The third kappa shape index (κ3) is 7.19. The fourth-order valence-corrected chi connectivity index (χ4v) is 2.77. The number of nitrogens with one attached hydrogen (secondary N) is 3. The van der Waals surface area contributed by atoms with Gasteiger partial charge in [-0.1, -0.05) is 12.1 Å². The average molecular weight is 400 g/mol. The molecule has 0 aromatic heterocycles. The van der Waals surface area contributed by atoms with Crippen LogP contribution in [0.25, 0.3) is 0 Å². The fraction of sp³-hybridized carbons (Fsp3) is 0.364. The van der Waals surface area contributed by atoms with Crippen LogP contribution in [0.3, 0.4) is 0 Å². The van der Waals surface area contributed by atoms with E-state index in [0.717, 1.165) is 5.56 Å². The summed E-state index contributed by atoms with van der Waals surface area (Å²) in [4.78, 5) is 26.4. The lowest BCUT2D eigenvalue weighted by molar-refractivity contribution is 0.0919. The maximum atomic E-state index is 13.1. The van der Waals surface area contributed by atoms with Crippen molar-refractivity contribution in [1.82, 2.24) is 15.5 Å². The maximum absolute atomic E-state index is 13.1. The van der Waals surface area contributed by atoms with Crippen molar-refractivity contribution in [2.75, 3.05) is 26.0 Å². The van der Waals surface area contributed by atoms with E-state index in [1.54, 1.807) is 36.4 Å². The number of benzene rings is 2. The van der Waals surface area contributed by atoms with Crippen molar-refractivity contribution in [2.24, 2.45) is 0 Å². The summed E-state index contributed by atoms with van der Waals surface area (Å²) < 4.78 is 13.1. The monoisotopic (exact) mass is 400 g/mol. The number of hydrogen-bond donors (Lipinski definition) is 3. The van der Waals surface area contributed by atoms with Gasteiger partial charge in [0.05, 0.1) is 6.04 Å². The second-order valence-corrected chi connectivity index (χ2v) is 8.15. The molecular weight excluding hydrogens is 371 g/mol. The Balaban J connectivity index is 1.92. The molecule has 0 heterocycles. The number of anilines is 1. The lowest BCUT2D eigenvalue weighted by Crippen LogP contribution is -2.40. The minimum Gasteiger partial charge on any atom is -0.347 e. The number of amides is 3. The van der Waals surface area contributed by atoms with Crippen LogP contribution in [-0.2, 0) is 0 Å². The van der Waals surface area contributed by atoms with Gasteiger partial charge in [0.25, 0.3) is 5.91 Å². The minimum atomic E-state index is -0.356. The zero-order valence-corrected chi connectivity index (χ0v) is 17.5. The molecule has 156 valence electrons. The van der Waals surface area contributed by atoms with Crippen LogP contribution < -0.4 is 16.0 Å². The van der Waals surface area contributed by atoms with E-state index in [2.05, 4.69) is 16.0 Å². The Hall–Kier alpha value is -2.93. The zero-order chi connectivity index (χ0) is 21.6. The summed E-state index contributed by atoms with van der Waals surface area (Å²) in [5, 5.41) is 8.47. The van der Waals surface area contributed by atoms with E-state index in [1.165, 1.54) is 12.1 Å². The van der Waals surface area contributed by atoms with Gasteiger partial charge in [0.15, 0.2) is 0 Å². The first-order valence-corrected chi connectivity index (χ1v) is 9.44. The van der Waals surface area contributed by atoms with Gasteiger partial charge in [-0.3, -0.25) is 4.79 Å². The third-order valence-corrected chi connectivity index (χ3v) is 4.23. The van der Waals surface area contributed by atoms with E-state index >= 15 is 0 Å². The Labute approximate surface area is 171 Å². The van der Waals surface area contributed by atoms with Gasteiger partial charge in [-0.2, -0.15) is 0 Å². The van der Waals surface area contributed by atoms with Crippen molar-refractivity contribution in [3.63, 3.8) is 0 Å². The van der Waals surface area contributed by atoms with Crippen molar-refractivity contribution in [1.29, 1.82) is 0 Å². The van der Waals surface area contributed by atoms with Gasteiger partial charge in [-0.05, 0) is 76.8 Å². The van der Waals surface area contributed by atoms with E-state index < -0.39 is 0 Å². The number of urea groups is 1. The lowest BCUT2D eigenvalue weighted by Gasteiger charge is -2.25. The zero-order valence-electron chi connectivity index (χ0n) is 17.5. The summed E-state index contributed by atoms with van der Waals surface area (Å²) >= 11 is 0. The van der Waals surface area contributed by atoms with Crippen LogP contribution in [0.15, 0.2) is 48.5 Å². The van der Waals surface area contributed by atoms with Crippen molar-refractivity contribution >= 4 is 17.6 Å². The molecular formula is C22H29FN4O2. The predicted octanol–water partition coefficient (Wildman–Crippen LogP) is 3.78. The molecule has 1 atom stereocenters. The van der Waals surface area contributed by atoms with Crippen molar-refractivity contribution < 1.29 is 14.0 Å². The Bertz CT molecular complexity index is 827. The number of hydrogen-bond acceptors (Lipinski definition) is 3. The minimum absolute atomic E-state index is 0.0928. The molecule has 0 aliphatic heterocycles. The molecule has 1 unspecified atom stereocenters. The summed E-state index contributed by atoms with van der Waals surface area (Å²) in [5.74, 6) is -0.460. The second kappa shape index (κ2) is 9.52. The quantitative estimate of drug-likeness (QED) is 0.691. The van der Waals surface area contributed by atoms with Gasteiger partial charge in [0.2, 0.25) is 0 Å². The number of nitrogens with zero attached hydrogens (tertiary/aromatic N) is 1. The molecule has 0 aliphatic carbocycles. The van der Waals surface area contributed by atoms with Crippen LogP contribution in [0.5, 0.6) is 0 Å². The summed E-state index contributed by atoms with van der Waals surface area (Å²) in [5.41, 5.74) is 1.69. The first-order chi connectivity index (χ1) is 13.5. The van der Waals surface area contributed by atoms with Crippen molar-refractivity contribution in [2.45, 2.75) is 32.4 Å².